The van der Waals surface area contributed by atoms with E-state index in [2.05, 4.69) is 10.3 Å². The molecule has 2 aromatic carbocycles. The molecule has 3 aromatic rings. The Morgan fingerprint density at radius 1 is 1.03 bits per heavy atom. The summed E-state index contributed by atoms with van der Waals surface area (Å²) >= 11 is 0. The van der Waals surface area contributed by atoms with Crippen LogP contribution in [0.1, 0.15) is 24.8 Å². The second kappa shape index (κ2) is 9.54. The van der Waals surface area contributed by atoms with Crippen molar-refractivity contribution in [2.75, 3.05) is 25.0 Å². The number of benzene rings is 2. The highest BCUT2D eigenvalue weighted by Crippen LogP contribution is 2.23. The van der Waals surface area contributed by atoms with Crippen molar-refractivity contribution in [3.63, 3.8) is 0 Å². The molecule has 4 rings (SSSR count). The van der Waals surface area contributed by atoms with Crippen LogP contribution in [0.25, 0.3) is 10.9 Å². The first-order valence-corrected chi connectivity index (χ1v) is 12.0. The molecule has 32 heavy (non-hydrogen) atoms. The molecule has 1 aromatic heterocycles. The first kappa shape index (κ1) is 22.0. The maximum absolute atomic E-state index is 12.8. The van der Waals surface area contributed by atoms with Crippen molar-refractivity contribution in [3.05, 3.63) is 60.3 Å². The van der Waals surface area contributed by atoms with Crippen LogP contribution in [0.15, 0.2) is 59.6 Å². The number of hydrogen-bond acceptors (Lipinski definition) is 5. The number of amides is 1. The molecule has 8 nitrogen and oxygen atoms in total. The fourth-order valence-corrected chi connectivity index (χ4v) is 5.38. The van der Waals surface area contributed by atoms with Crippen LogP contribution in [0.5, 0.6) is 0 Å². The van der Waals surface area contributed by atoms with E-state index >= 15 is 0 Å². The lowest BCUT2D eigenvalue weighted by Crippen LogP contribution is -2.35. The van der Waals surface area contributed by atoms with Gasteiger partial charge in [0.15, 0.2) is 6.61 Å². The quantitative estimate of drug-likeness (QED) is 0.532. The number of carbonyl (C=O) groups excluding carboxylic acids is 2. The smallest absolute Gasteiger partial charge is 0.310 e. The van der Waals surface area contributed by atoms with Gasteiger partial charge in [0.05, 0.1) is 11.3 Å². The summed E-state index contributed by atoms with van der Waals surface area (Å²) in [4.78, 5) is 27.6. The van der Waals surface area contributed by atoms with Gasteiger partial charge >= 0.3 is 5.97 Å². The van der Waals surface area contributed by atoms with Crippen molar-refractivity contribution in [2.24, 2.45) is 0 Å². The number of ether oxygens (including phenoxy) is 1. The Kier molecular flexibility index (Phi) is 6.57. The number of anilines is 1. The van der Waals surface area contributed by atoms with Crippen molar-refractivity contribution in [1.82, 2.24) is 9.29 Å². The lowest BCUT2D eigenvalue weighted by molar-refractivity contribution is -0.146. The van der Waals surface area contributed by atoms with Gasteiger partial charge in [-0.15, -0.1) is 0 Å². The highest BCUT2D eigenvalue weighted by molar-refractivity contribution is 7.89. The normalized spacial score (nSPS) is 14.9. The Bertz CT molecular complexity index is 1230. The minimum Gasteiger partial charge on any atom is -0.455 e. The van der Waals surface area contributed by atoms with E-state index in [1.807, 2.05) is 24.3 Å². The molecule has 0 aliphatic carbocycles. The number of carbonyl (C=O) groups is 2. The maximum Gasteiger partial charge on any atom is 0.310 e. The zero-order valence-corrected chi connectivity index (χ0v) is 18.4. The van der Waals surface area contributed by atoms with Gasteiger partial charge in [0.25, 0.3) is 5.91 Å². The molecular weight excluding hydrogens is 430 g/mol. The van der Waals surface area contributed by atoms with Crippen molar-refractivity contribution in [2.45, 2.75) is 30.6 Å². The number of rotatable bonds is 7. The Morgan fingerprint density at radius 2 is 1.81 bits per heavy atom. The summed E-state index contributed by atoms with van der Waals surface area (Å²) in [6, 6.07) is 13.7. The number of aromatic amines is 1. The fraction of sp³-hybridized carbons (Fsp3) is 0.304. The molecule has 0 bridgehead atoms. The molecule has 168 valence electrons. The first-order chi connectivity index (χ1) is 15.4. The van der Waals surface area contributed by atoms with Gasteiger partial charge in [-0.1, -0.05) is 30.7 Å². The number of piperidine rings is 1. The molecule has 2 heterocycles. The van der Waals surface area contributed by atoms with Crippen LogP contribution in [0.3, 0.4) is 0 Å². The van der Waals surface area contributed by atoms with Gasteiger partial charge in [-0.3, -0.25) is 9.59 Å². The van der Waals surface area contributed by atoms with E-state index in [4.69, 9.17) is 4.74 Å². The predicted octanol–water partition coefficient (Wildman–Crippen LogP) is 3.07. The number of fused-ring (bicyclic) bond motifs is 1. The second-order valence-corrected chi connectivity index (χ2v) is 9.68. The highest BCUT2D eigenvalue weighted by Gasteiger charge is 2.26. The second-order valence-electron chi connectivity index (χ2n) is 7.74. The molecule has 0 saturated carbocycles. The Labute approximate surface area is 186 Å². The van der Waals surface area contributed by atoms with E-state index < -0.39 is 28.5 Å². The van der Waals surface area contributed by atoms with Crippen molar-refractivity contribution >= 4 is 38.5 Å². The van der Waals surface area contributed by atoms with Crippen molar-refractivity contribution in [1.29, 1.82) is 0 Å². The van der Waals surface area contributed by atoms with Crippen LogP contribution in [0.4, 0.5) is 5.69 Å². The first-order valence-electron chi connectivity index (χ1n) is 10.5. The number of nitrogens with zero attached hydrogens (tertiary/aromatic N) is 1. The van der Waals surface area contributed by atoms with Crippen LogP contribution in [0, 0.1) is 0 Å². The van der Waals surface area contributed by atoms with Gasteiger partial charge < -0.3 is 15.0 Å². The average Bonchev–Trinajstić information content (AvgIpc) is 3.21. The van der Waals surface area contributed by atoms with Crippen LogP contribution in [-0.2, 0) is 30.8 Å². The van der Waals surface area contributed by atoms with Gasteiger partial charge in [-0.2, -0.15) is 4.31 Å². The Morgan fingerprint density at radius 3 is 2.62 bits per heavy atom. The van der Waals surface area contributed by atoms with Crippen molar-refractivity contribution < 1.29 is 22.7 Å². The van der Waals surface area contributed by atoms with Crippen LogP contribution in [0.2, 0.25) is 0 Å². The monoisotopic (exact) mass is 455 g/mol. The Balaban J connectivity index is 1.33. The molecule has 1 fully saturated rings. The van der Waals surface area contributed by atoms with Gasteiger partial charge in [0, 0.05) is 35.9 Å². The summed E-state index contributed by atoms with van der Waals surface area (Å²) in [5, 5.41) is 3.53. The lowest BCUT2D eigenvalue weighted by Gasteiger charge is -2.26. The molecule has 1 aliphatic heterocycles. The zero-order valence-electron chi connectivity index (χ0n) is 17.5. The summed E-state index contributed by atoms with van der Waals surface area (Å²) in [7, 11) is -3.60. The summed E-state index contributed by atoms with van der Waals surface area (Å²) < 4.78 is 32.2. The number of para-hydroxylation sites is 1. The van der Waals surface area contributed by atoms with Gasteiger partial charge in [-0.05, 0) is 42.7 Å². The molecule has 0 spiro atoms. The molecular formula is C23H25N3O5S. The van der Waals surface area contributed by atoms with Gasteiger partial charge in [-0.25, -0.2) is 8.42 Å². The van der Waals surface area contributed by atoms with E-state index in [0.29, 0.717) is 18.8 Å². The minimum atomic E-state index is -3.60. The molecule has 1 aliphatic rings. The predicted molar refractivity (Wildman–Crippen MR) is 121 cm³/mol. The number of hydrogen-bond donors (Lipinski definition) is 2. The van der Waals surface area contributed by atoms with Gasteiger partial charge in [0.2, 0.25) is 10.0 Å². The average molecular weight is 456 g/mol. The third-order valence-corrected chi connectivity index (χ3v) is 7.34. The maximum atomic E-state index is 12.8. The van der Waals surface area contributed by atoms with E-state index in [1.165, 1.54) is 16.4 Å². The van der Waals surface area contributed by atoms with Gasteiger partial charge in [0.1, 0.15) is 0 Å². The molecule has 0 atom stereocenters. The summed E-state index contributed by atoms with van der Waals surface area (Å²) in [6.07, 6.45) is 4.52. The number of aromatic nitrogens is 1. The third-order valence-electron chi connectivity index (χ3n) is 5.44. The fourth-order valence-electron chi connectivity index (χ4n) is 3.82. The third kappa shape index (κ3) is 5.00. The molecule has 0 unspecified atom stereocenters. The topological polar surface area (TPSA) is 109 Å². The van der Waals surface area contributed by atoms with E-state index in [0.717, 1.165) is 35.7 Å². The largest absolute Gasteiger partial charge is 0.455 e. The zero-order chi connectivity index (χ0) is 22.6. The van der Waals surface area contributed by atoms with Crippen LogP contribution >= 0.6 is 0 Å². The van der Waals surface area contributed by atoms with E-state index in [9.17, 15) is 18.0 Å². The Hall–Kier alpha value is -3.17. The van der Waals surface area contributed by atoms with E-state index in [1.54, 1.807) is 18.3 Å². The summed E-state index contributed by atoms with van der Waals surface area (Å²) in [6.45, 7) is 0.556. The summed E-state index contributed by atoms with van der Waals surface area (Å²) in [5.74, 6) is -1.06. The van der Waals surface area contributed by atoms with Crippen LogP contribution in [-0.4, -0.2) is 49.3 Å². The summed E-state index contributed by atoms with van der Waals surface area (Å²) in [5.41, 5.74) is 2.05. The number of H-pyrrole nitrogens is 1. The van der Waals surface area contributed by atoms with Crippen molar-refractivity contribution in [3.8, 4) is 0 Å². The number of sulfonamides is 1. The lowest BCUT2D eigenvalue weighted by atomic mass is 10.1. The molecule has 1 saturated heterocycles. The molecule has 0 radical (unpaired) electrons. The minimum absolute atomic E-state index is 0.0425. The number of esters is 1. The van der Waals surface area contributed by atoms with Crippen LogP contribution < -0.4 is 5.32 Å². The molecule has 2 N–H and O–H groups in total. The number of nitrogens with one attached hydrogen (secondary N) is 2. The standard InChI is InChI=1S/C23H25N3O5S/c27-22(16-31-23(28)13-17-15-24-21-10-3-2-9-20(17)21)25-18-7-6-8-19(14-18)32(29,30)26-11-4-1-5-12-26/h2-3,6-10,14-15,24H,1,4-5,11-13,16H2,(H,25,27). The highest BCUT2D eigenvalue weighted by atomic mass is 32.2. The molecule has 9 heteroatoms. The molecule has 1 amide bonds. The van der Waals surface area contributed by atoms with E-state index in [-0.39, 0.29) is 11.3 Å². The SMILES string of the molecule is O=C(COC(=O)Cc1c[nH]c2ccccc12)Nc1cccc(S(=O)(=O)N2CCCCC2)c1.